The van der Waals surface area contributed by atoms with Gasteiger partial charge in [-0.15, -0.1) is 11.3 Å². The number of anilines is 3. The number of ether oxygens (including phenoxy) is 1. The van der Waals surface area contributed by atoms with Crippen LogP contribution < -0.4 is 15.4 Å². The molecule has 2 N–H and O–H groups in total. The molecule has 0 aliphatic carbocycles. The number of aromatic nitrogens is 2. The summed E-state index contributed by atoms with van der Waals surface area (Å²) in [6, 6.07) is 16.7. The summed E-state index contributed by atoms with van der Waals surface area (Å²) in [5, 5.41) is 8.71. The molecule has 0 fully saturated rings. The van der Waals surface area contributed by atoms with Gasteiger partial charge in [-0.1, -0.05) is 12.1 Å². The average molecular weight is 420 g/mol. The van der Waals surface area contributed by atoms with E-state index in [-0.39, 0.29) is 18.3 Å². The lowest BCUT2D eigenvalue weighted by molar-refractivity contribution is -0.118. The Labute approximate surface area is 176 Å². The van der Waals surface area contributed by atoms with Gasteiger partial charge in [0.2, 0.25) is 0 Å². The maximum atomic E-state index is 12.9. The lowest BCUT2D eigenvalue weighted by Crippen LogP contribution is -2.20. The van der Waals surface area contributed by atoms with Gasteiger partial charge in [0.05, 0.1) is 17.6 Å². The smallest absolute Gasteiger partial charge is 0.262 e. The van der Waals surface area contributed by atoms with E-state index < -0.39 is 0 Å². The Bertz CT molecular complexity index is 1120. The van der Waals surface area contributed by atoms with Crippen LogP contribution in [0.15, 0.2) is 78.4 Å². The number of nitrogens with zero attached hydrogens (tertiary/aromatic N) is 2. The molecule has 150 valence electrons. The Morgan fingerprint density at radius 2 is 1.83 bits per heavy atom. The van der Waals surface area contributed by atoms with Gasteiger partial charge in [-0.05, 0) is 48.5 Å². The molecule has 2 aromatic carbocycles. The van der Waals surface area contributed by atoms with Gasteiger partial charge in [0.15, 0.2) is 11.7 Å². The Morgan fingerprint density at radius 3 is 2.57 bits per heavy atom. The van der Waals surface area contributed by atoms with Crippen molar-refractivity contribution in [3.8, 4) is 17.0 Å². The highest BCUT2D eigenvalue weighted by molar-refractivity contribution is 7.14. The van der Waals surface area contributed by atoms with Gasteiger partial charge in [0.1, 0.15) is 11.6 Å². The molecular formula is C22H17FN4O2S. The summed E-state index contributed by atoms with van der Waals surface area (Å²) < 4.78 is 18.2. The molecule has 1 amide bonds. The van der Waals surface area contributed by atoms with Gasteiger partial charge in [0, 0.05) is 22.8 Å². The molecule has 0 saturated carbocycles. The molecule has 30 heavy (non-hydrogen) atoms. The highest BCUT2D eigenvalue weighted by Crippen LogP contribution is 2.27. The second kappa shape index (κ2) is 9.15. The van der Waals surface area contributed by atoms with Crippen molar-refractivity contribution in [2.75, 3.05) is 17.2 Å². The first-order chi connectivity index (χ1) is 14.7. The van der Waals surface area contributed by atoms with Crippen molar-refractivity contribution in [3.63, 3.8) is 0 Å². The molecule has 6 nitrogen and oxygen atoms in total. The zero-order valence-corrected chi connectivity index (χ0v) is 16.5. The van der Waals surface area contributed by atoms with Crippen molar-refractivity contribution in [1.82, 2.24) is 9.97 Å². The van der Waals surface area contributed by atoms with Crippen LogP contribution in [0.4, 0.5) is 20.9 Å². The van der Waals surface area contributed by atoms with Gasteiger partial charge >= 0.3 is 0 Å². The molecule has 0 radical (unpaired) electrons. The molecule has 0 atom stereocenters. The third-order valence-electron chi connectivity index (χ3n) is 4.06. The van der Waals surface area contributed by atoms with Crippen molar-refractivity contribution >= 4 is 33.8 Å². The van der Waals surface area contributed by atoms with Crippen LogP contribution in [-0.2, 0) is 4.79 Å². The van der Waals surface area contributed by atoms with Crippen LogP contribution in [0, 0.1) is 5.82 Å². The van der Waals surface area contributed by atoms with Crippen LogP contribution in [0.2, 0.25) is 0 Å². The summed E-state index contributed by atoms with van der Waals surface area (Å²) in [4.78, 5) is 20.7. The lowest BCUT2D eigenvalue weighted by Gasteiger charge is -2.08. The topological polar surface area (TPSA) is 76.1 Å². The summed E-state index contributed by atoms with van der Waals surface area (Å²) >= 11 is 1.50. The highest BCUT2D eigenvalue weighted by Gasteiger charge is 2.07. The third kappa shape index (κ3) is 5.18. The number of carbonyl (C=O) groups is 1. The summed E-state index contributed by atoms with van der Waals surface area (Å²) in [6.07, 6.45) is 3.45. The van der Waals surface area contributed by atoms with Crippen molar-refractivity contribution in [3.05, 3.63) is 84.3 Å². The summed E-state index contributed by atoms with van der Waals surface area (Å²) in [5.74, 6) is -0.225. The van der Waals surface area contributed by atoms with Crippen LogP contribution in [0.25, 0.3) is 11.3 Å². The van der Waals surface area contributed by atoms with E-state index in [1.54, 1.807) is 24.5 Å². The Hall–Kier alpha value is -3.78. The monoisotopic (exact) mass is 420 g/mol. The van der Waals surface area contributed by atoms with Gasteiger partial charge in [0.25, 0.3) is 5.91 Å². The molecule has 8 heteroatoms. The van der Waals surface area contributed by atoms with E-state index in [1.165, 1.54) is 35.6 Å². The number of amides is 1. The molecule has 0 saturated heterocycles. The largest absolute Gasteiger partial charge is 0.484 e. The first-order valence-corrected chi connectivity index (χ1v) is 9.95. The van der Waals surface area contributed by atoms with Crippen LogP contribution in [-0.4, -0.2) is 22.5 Å². The Balaban J connectivity index is 1.32. The van der Waals surface area contributed by atoms with E-state index >= 15 is 0 Å². The molecule has 2 heterocycles. The predicted molar refractivity (Wildman–Crippen MR) is 116 cm³/mol. The first kappa shape index (κ1) is 19.5. The molecule has 0 bridgehead atoms. The number of carbonyl (C=O) groups excluding carboxylic acids is 1. The van der Waals surface area contributed by atoms with Crippen LogP contribution in [0.1, 0.15) is 0 Å². The number of hydrogen-bond donors (Lipinski definition) is 2. The standard InChI is InChI=1S/C22H17FN4O2S/c23-16-5-9-19(10-6-16)29-13-21(28)25-17-7-3-15(4-8-17)20-14-30-22(27-20)26-18-2-1-11-24-12-18/h1-12,14H,13H2,(H,25,28)(H,26,27). The molecule has 4 rings (SSSR count). The minimum absolute atomic E-state index is 0.164. The van der Waals surface area contributed by atoms with Crippen LogP contribution >= 0.6 is 11.3 Å². The zero-order valence-electron chi connectivity index (χ0n) is 15.7. The molecule has 0 aliphatic heterocycles. The number of thiazole rings is 1. The van der Waals surface area contributed by atoms with Crippen LogP contribution in [0.5, 0.6) is 5.75 Å². The van der Waals surface area contributed by atoms with E-state index in [2.05, 4.69) is 20.6 Å². The number of pyridine rings is 1. The maximum Gasteiger partial charge on any atom is 0.262 e. The van der Waals surface area contributed by atoms with E-state index in [0.717, 1.165) is 22.1 Å². The van der Waals surface area contributed by atoms with Crippen molar-refractivity contribution < 1.29 is 13.9 Å². The number of benzene rings is 2. The third-order valence-corrected chi connectivity index (χ3v) is 4.82. The Kier molecular flexibility index (Phi) is 5.95. The first-order valence-electron chi connectivity index (χ1n) is 9.07. The van der Waals surface area contributed by atoms with E-state index in [4.69, 9.17) is 4.74 Å². The van der Waals surface area contributed by atoms with Gasteiger partial charge < -0.3 is 15.4 Å². The fraction of sp³-hybridized carbons (Fsp3) is 0.0455. The second-order valence-corrected chi connectivity index (χ2v) is 7.13. The number of rotatable bonds is 7. The average Bonchev–Trinajstić information content (AvgIpc) is 3.23. The molecule has 0 unspecified atom stereocenters. The number of halogens is 1. The lowest BCUT2D eigenvalue weighted by atomic mass is 10.1. The molecule has 2 aromatic heterocycles. The molecule has 0 spiro atoms. The number of nitrogens with one attached hydrogen (secondary N) is 2. The van der Waals surface area contributed by atoms with E-state index in [1.807, 2.05) is 29.6 Å². The summed E-state index contributed by atoms with van der Waals surface area (Å²) in [7, 11) is 0. The summed E-state index contributed by atoms with van der Waals surface area (Å²) in [6.45, 7) is -0.164. The number of hydrogen-bond acceptors (Lipinski definition) is 6. The molecule has 0 aliphatic rings. The van der Waals surface area contributed by atoms with Crippen molar-refractivity contribution in [2.45, 2.75) is 0 Å². The predicted octanol–water partition coefficient (Wildman–Crippen LogP) is 5.11. The van der Waals surface area contributed by atoms with Gasteiger partial charge in [-0.25, -0.2) is 9.37 Å². The highest BCUT2D eigenvalue weighted by atomic mass is 32.1. The van der Waals surface area contributed by atoms with Crippen molar-refractivity contribution in [2.24, 2.45) is 0 Å². The van der Waals surface area contributed by atoms with E-state index in [9.17, 15) is 9.18 Å². The SMILES string of the molecule is O=C(COc1ccc(F)cc1)Nc1ccc(-c2csc(Nc3cccnc3)n2)cc1. The minimum Gasteiger partial charge on any atom is -0.484 e. The quantitative estimate of drug-likeness (QED) is 0.435. The summed E-state index contributed by atoms with van der Waals surface area (Å²) in [5.41, 5.74) is 3.30. The fourth-order valence-electron chi connectivity index (χ4n) is 2.63. The molecular weight excluding hydrogens is 403 g/mol. The van der Waals surface area contributed by atoms with Gasteiger partial charge in [-0.3, -0.25) is 9.78 Å². The second-order valence-electron chi connectivity index (χ2n) is 6.27. The normalized spacial score (nSPS) is 10.4. The molecule has 4 aromatic rings. The maximum absolute atomic E-state index is 12.9. The minimum atomic E-state index is -0.355. The van der Waals surface area contributed by atoms with Crippen LogP contribution in [0.3, 0.4) is 0 Å². The zero-order chi connectivity index (χ0) is 20.8. The van der Waals surface area contributed by atoms with Crippen molar-refractivity contribution in [1.29, 1.82) is 0 Å². The van der Waals surface area contributed by atoms with E-state index in [0.29, 0.717) is 11.4 Å². The van der Waals surface area contributed by atoms with Gasteiger partial charge in [-0.2, -0.15) is 0 Å². The Morgan fingerprint density at radius 1 is 1.03 bits per heavy atom. The fourth-order valence-corrected chi connectivity index (χ4v) is 3.36.